The van der Waals surface area contributed by atoms with Gasteiger partial charge in [0.25, 0.3) is 0 Å². The molecule has 5 aromatic rings. The SMILES string of the molecule is Cc1cc2oc3ccccc3c2cc1-[n+]1c(C(C)(C)C)oc(-c2ccccc2)c1C. The van der Waals surface area contributed by atoms with Crippen molar-refractivity contribution >= 4 is 21.9 Å². The molecule has 3 nitrogen and oxygen atoms in total. The average Bonchev–Trinajstić information content (AvgIpc) is 3.25. The monoisotopic (exact) mass is 396 g/mol. The van der Waals surface area contributed by atoms with Gasteiger partial charge in [0.1, 0.15) is 11.2 Å². The van der Waals surface area contributed by atoms with Gasteiger partial charge < -0.3 is 8.83 Å². The number of hydrogen-bond donors (Lipinski definition) is 0. The molecule has 0 unspecified atom stereocenters. The normalized spacial score (nSPS) is 12.2. The summed E-state index contributed by atoms with van der Waals surface area (Å²) in [4.78, 5) is 0. The van der Waals surface area contributed by atoms with Gasteiger partial charge in [-0.05, 0) is 39.8 Å². The molecular formula is C27H26NO2+. The van der Waals surface area contributed by atoms with Crippen LogP contribution in [0, 0.1) is 13.8 Å². The van der Waals surface area contributed by atoms with Crippen LogP contribution in [0.3, 0.4) is 0 Å². The molecule has 3 heteroatoms. The maximum absolute atomic E-state index is 6.53. The second-order valence-corrected chi connectivity index (χ2v) is 9.01. The van der Waals surface area contributed by atoms with Crippen molar-refractivity contribution in [2.24, 2.45) is 0 Å². The van der Waals surface area contributed by atoms with Crippen molar-refractivity contribution in [2.45, 2.75) is 40.0 Å². The molecule has 0 aliphatic heterocycles. The second kappa shape index (κ2) is 6.60. The first-order valence-corrected chi connectivity index (χ1v) is 10.4. The summed E-state index contributed by atoms with van der Waals surface area (Å²) in [7, 11) is 0. The summed E-state index contributed by atoms with van der Waals surface area (Å²) >= 11 is 0. The first-order valence-electron chi connectivity index (χ1n) is 10.4. The van der Waals surface area contributed by atoms with Gasteiger partial charge in [0, 0.05) is 34.9 Å². The highest BCUT2D eigenvalue weighted by molar-refractivity contribution is 6.05. The minimum atomic E-state index is -0.155. The molecule has 0 radical (unpaired) electrons. The topological polar surface area (TPSA) is 30.2 Å². The molecule has 0 saturated carbocycles. The number of oxazole rings is 1. The third-order valence-electron chi connectivity index (χ3n) is 5.68. The summed E-state index contributed by atoms with van der Waals surface area (Å²) < 4.78 is 14.9. The zero-order valence-corrected chi connectivity index (χ0v) is 18.1. The first-order chi connectivity index (χ1) is 14.3. The van der Waals surface area contributed by atoms with E-state index in [0.29, 0.717) is 0 Å². The number of aromatic nitrogens is 1. The lowest BCUT2D eigenvalue weighted by Gasteiger charge is -2.12. The van der Waals surface area contributed by atoms with Crippen LogP contribution in [0.5, 0.6) is 0 Å². The number of nitrogens with zero attached hydrogens (tertiary/aromatic N) is 1. The maximum Gasteiger partial charge on any atom is 0.359 e. The summed E-state index contributed by atoms with van der Waals surface area (Å²) in [6.07, 6.45) is 0. The Morgan fingerprint density at radius 1 is 0.733 bits per heavy atom. The molecule has 0 spiro atoms. The zero-order chi connectivity index (χ0) is 21.0. The molecule has 0 atom stereocenters. The molecule has 2 heterocycles. The van der Waals surface area contributed by atoms with Gasteiger partial charge in [0.05, 0.1) is 5.41 Å². The highest BCUT2D eigenvalue weighted by atomic mass is 16.4. The molecule has 2 aromatic heterocycles. The van der Waals surface area contributed by atoms with E-state index in [1.807, 2.05) is 30.3 Å². The number of hydrogen-bond acceptors (Lipinski definition) is 2. The van der Waals surface area contributed by atoms with Crippen LogP contribution in [0.2, 0.25) is 0 Å². The third-order valence-corrected chi connectivity index (χ3v) is 5.68. The average molecular weight is 397 g/mol. The van der Waals surface area contributed by atoms with Gasteiger partial charge >= 0.3 is 5.89 Å². The van der Waals surface area contributed by atoms with Crippen molar-refractivity contribution in [2.75, 3.05) is 0 Å². The number of para-hydroxylation sites is 1. The van der Waals surface area contributed by atoms with E-state index in [1.54, 1.807) is 0 Å². The van der Waals surface area contributed by atoms with E-state index in [0.717, 1.165) is 56.1 Å². The lowest BCUT2D eigenvalue weighted by atomic mass is 9.96. The van der Waals surface area contributed by atoms with Crippen molar-refractivity contribution < 1.29 is 13.4 Å². The molecule has 0 aliphatic rings. The summed E-state index contributed by atoms with van der Waals surface area (Å²) in [6, 6.07) is 22.9. The Labute approximate surface area is 176 Å². The lowest BCUT2D eigenvalue weighted by Crippen LogP contribution is -2.41. The summed E-state index contributed by atoms with van der Waals surface area (Å²) in [5.74, 6) is 1.85. The third kappa shape index (κ3) is 2.85. The van der Waals surface area contributed by atoms with Gasteiger partial charge in [-0.2, -0.15) is 0 Å². The van der Waals surface area contributed by atoms with Gasteiger partial charge in [-0.15, -0.1) is 4.57 Å². The van der Waals surface area contributed by atoms with E-state index in [-0.39, 0.29) is 5.41 Å². The van der Waals surface area contributed by atoms with Gasteiger partial charge in [-0.3, -0.25) is 0 Å². The Kier molecular flexibility index (Phi) is 4.11. The molecule has 0 aliphatic carbocycles. The quantitative estimate of drug-likeness (QED) is 0.300. The first kappa shape index (κ1) is 18.7. The van der Waals surface area contributed by atoms with Crippen molar-refractivity contribution in [3.8, 4) is 17.0 Å². The zero-order valence-electron chi connectivity index (χ0n) is 18.1. The maximum atomic E-state index is 6.53. The van der Waals surface area contributed by atoms with E-state index < -0.39 is 0 Å². The van der Waals surface area contributed by atoms with Crippen LogP contribution in [0.1, 0.15) is 37.9 Å². The van der Waals surface area contributed by atoms with Gasteiger partial charge in [-0.25, -0.2) is 0 Å². The molecular weight excluding hydrogens is 370 g/mol. The smallest absolute Gasteiger partial charge is 0.359 e. The Morgan fingerprint density at radius 2 is 1.43 bits per heavy atom. The van der Waals surface area contributed by atoms with Crippen LogP contribution in [0.4, 0.5) is 0 Å². The van der Waals surface area contributed by atoms with Gasteiger partial charge in [-0.1, -0.05) is 48.5 Å². The number of rotatable bonds is 2. The van der Waals surface area contributed by atoms with Crippen molar-refractivity contribution in [1.29, 1.82) is 0 Å². The number of benzene rings is 3. The van der Waals surface area contributed by atoms with Crippen LogP contribution in [0.15, 0.2) is 75.6 Å². The Balaban J connectivity index is 1.83. The highest BCUT2D eigenvalue weighted by Gasteiger charge is 2.37. The number of furan rings is 1. The Morgan fingerprint density at radius 3 is 2.17 bits per heavy atom. The van der Waals surface area contributed by atoms with Crippen LogP contribution in [-0.2, 0) is 5.41 Å². The molecule has 0 amide bonds. The highest BCUT2D eigenvalue weighted by Crippen LogP contribution is 2.34. The lowest BCUT2D eigenvalue weighted by molar-refractivity contribution is -0.619. The Hall–Kier alpha value is -3.33. The number of aryl methyl sites for hydroxylation is 1. The molecule has 3 aromatic carbocycles. The molecule has 0 fully saturated rings. The van der Waals surface area contributed by atoms with Crippen molar-refractivity contribution in [3.05, 3.63) is 83.9 Å². The molecule has 150 valence electrons. The second-order valence-electron chi connectivity index (χ2n) is 9.01. The van der Waals surface area contributed by atoms with Gasteiger partial charge in [0.2, 0.25) is 17.1 Å². The predicted octanol–water partition coefficient (Wildman–Crippen LogP) is 7.04. The summed E-state index contributed by atoms with van der Waals surface area (Å²) in [5, 5.41) is 2.26. The van der Waals surface area contributed by atoms with Crippen LogP contribution in [0.25, 0.3) is 38.9 Å². The molecule has 0 bridgehead atoms. The van der Waals surface area contributed by atoms with Gasteiger partial charge in [0.15, 0.2) is 0 Å². The fourth-order valence-electron chi connectivity index (χ4n) is 4.21. The van der Waals surface area contributed by atoms with E-state index in [1.165, 1.54) is 0 Å². The van der Waals surface area contributed by atoms with Crippen LogP contribution < -0.4 is 4.57 Å². The fourth-order valence-corrected chi connectivity index (χ4v) is 4.21. The van der Waals surface area contributed by atoms with Crippen LogP contribution in [-0.4, -0.2) is 0 Å². The number of fused-ring (bicyclic) bond motifs is 3. The molecule has 0 saturated heterocycles. The van der Waals surface area contributed by atoms with Crippen LogP contribution >= 0.6 is 0 Å². The fraction of sp³-hybridized carbons (Fsp3) is 0.222. The summed E-state index contributed by atoms with van der Waals surface area (Å²) in [6.45, 7) is 10.8. The molecule has 0 N–H and O–H groups in total. The Bertz CT molecular complexity index is 1380. The minimum Gasteiger partial charge on any atom is -0.456 e. The predicted molar refractivity (Wildman–Crippen MR) is 121 cm³/mol. The van der Waals surface area contributed by atoms with E-state index in [4.69, 9.17) is 8.83 Å². The van der Waals surface area contributed by atoms with Crippen molar-refractivity contribution in [3.63, 3.8) is 0 Å². The molecule has 5 rings (SSSR count). The largest absolute Gasteiger partial charge is 0.456 e. The standard InChI is InChI=1S/C27H26NO2/c1-17-15-24-21(20-13-9-10-14-23(20)29-24)16-22(17)28-18(2)25(19-11-7-6-8-12-19)30-26(28)27(3,4)5/h6-16H,1-5H3/q+1. The van der Waals surface area contributed by atoms with Crippen molar-refractivity contribution in [1.82, 2.24) is 0 Å². The summed E-state index contributed by atoms with van der Waals surface area (Å²) in [5.41, 5.74) is 6.15. The minimum absolute atomic E-state index is 0.155. The van der Waals surface area contributed by atoms with E-state index >= 15 is 0 Å². The van der Waals surface area contributed by atoms with E-state index in [2.05, 4.69) is 75.6 Å². The van der Waals surface area contributed by atoms with E-state index in [9.17, 15) is 0 Å². The molecule has 30 heavy (non-hydrogen) atoms.